The maximum atomic E-state index is 2.53. The molecule has 0 spiro atoms. The van der Waals surface area contributed by atoms with Crippen LogP contribution in [0.25, 0.3) is 104 Å². The third-order valence-corrected chi connectivity index (χ3v) is 12.7. The quantitative estimate of drug-likeness (QED) is 0.161. The monoisotopic (exact) mass is 711 g/mol. The minimum Gasteiger partial charge on any atom is -0.309 e. The molecule has 0 saturated heterocycles. The van der Waals surface area contributed by atoms with Crippen molar-refractivity contribution < 1.29 is 0 Å². The van der Waals surface area contributed by atoms with E-state index in [0.717, 1.165) is 0 Å². The second kappa shape index (κ2) is 11.5. The SMILES string of the molecule is CC1(C)c2ccccc2-c2c1cc(-c1c3ccccc3c(-c3ccc4c(c3)c3c5ccccc5ccc3n4-c3ccccc3)c3ccccc13)c1ccccc21. The van der Waals surface area contributed by atoms with Gasteiger partial charge in [0.25, 0.3) is 0 Å². The van der Waals surface area contributed by atoms with Crippen LogP contribution in [0, 0.1) is 0 Å². The van der Waals surface area contributed by atoms with Crippen molar-refractivity contribution in [1.82, 2.24) is 4.57 Å². The summed E-state index contributed by atoms with van der Waals surface area (Å²) >= 11 is 0. The van der Waals surface area contributed by atoms with E-state index < -0.39 is 0 Å². The lowest BCUT2D eigenvalue weighted by atomic mass is 9.79. The van der Waals surface area contributed by atoms with E-state index in [9.17, 15) is 0 Å². The first-order chi connectivity index (χ1) is 27.6. The highest BCUT2D eigenvalue weighted by Crippen LogP contribution is 2.55. The van der Waals surface area contributed by atoms with Gasteiger partial charge in [-0.3, -0.25) is 0 Å². The smallest absolute Gasteiger partial charge is 0.0547 e. The minimum atomic E-state index is -0.116. The van der Waals surface area contributed by atoms with Crippen LogP contribution in [0.5, 0.6) is 0 Å². The first kappa shape index (κ1) is 31.4. The molecule has 1 heteroatoms. The summed E-state index contributed by atoms with van der Waals surface area (Å²) < 4.78 is 2.43. The molecule has 1 aliphatic rings. The molecular formula is C55H37N. The molecular weight excluding hydrogens is 675 g/mol. The van der Waals surface area contributed by atoms with Crippen LogP contribution in [0.1, 0.15) is 25.0 Å². The Morgan fingerprint density at radius 3 is 1.62 bits per heavy atom. The molecule has 0 N–H and O–H groups in total. The summed E-state index contributed by atoms with van der Waals surface area (Å²) in [5.41, 5.74) is 14.1. The number of hydrogen-bond donors (Lipinski definition) is 0. The topological polar surface area (TPSA) is 4.93 Å². The molecule has 1 aliphatic carbocycles. The molecule has 262 valence electrons. The van der Waals surface area contributed by atoms with Crippen molar-refractivity contribution in [2.75, 3.05) is 0 Å². The number of rotatable bonds is 3. The summed E-state index contributed by atoms with van der Waals surface area (Å²) in [6.07, 6.45) is 0. The van der Waals surface area contributed by atoms with Crippen LogP contribution in [0.15, 0.2) is 188 Å². The number of benzene rings is 10. The maximum absolute atomic E-state index is 2.53. The molecule has 0 bridgehead atoms. The lowest BCUT2D eigenvalue weighted by molar-refractivity contribution is 0.661. The Labute approximate surface area is 325 Å². The van der Waals surface area contributed by atoms with Crippen molar-refractivity contribution in [3.05, 3.63) is 199 Å². The number of fused-ring (bicyclic) bond motifs is 12. The Balaban J connectivity index is 1.18. The predicted octanol–water partition coefficient (Wildman–Crippen LogP) is 15.0. The molecule has 1 heterocycles. The fourth-order valence-electron chi connectivity index (χ4n) is 10.3. The molecule has 0 aliphatic heterocycles. The van der Waals surface area contributed by atoms with E-state index in [2.05, 4.69) is 206 Å². The molecule has 0 saturated carbocycles. The summed E-state index contributed by atoms with van der Waals surface area (Å²) in [4.78, 5) is 0. The standard InChI is InChI=1S/C55H37N/c1-55(2)47-27-15-14-26-44(47)53-39-21-9-8-20-38(39)45(33-48(53)55)52-42-24-12-10-22-40(42)51(41-23-11-13-25-43(41)52)35-29-30-49-46(32-35)54-37-19-7-6-16-34(37)28-31-50(54)56(49)36-17-4-3-5-18-36/h3-33H,1-2H3. The first-order valence-corrected chi connectivity index (χ1v) is 19.7. The van der Waals surface area contributed by atoms with Gasteiger partial charge in [-0.1, -0.05) is 166 Å². The van der Waals surface area contributed by atoms with Gasteiger partial charge in [0.15, 0.2) is 0 Å². The average molecular weight is 712 g/mol. The third kappa shape index (κ3) is 4.20. The van der Waals surface area contributed by atoms with Gasteiger partial charge in [0.2, 0.25) is 0 Å². The highest BCUT2D eigenvalue weighted by molar-refractivity contribution is 6.26. The Morgan fingerprint density at radius 2 is 0.911 bits per heavy atom. The molecule has 0 fully saturated rings. The van der Waals surface area contributed by atoms with E-state index in [1.54, 1.807) is 0 Å². The van der Waals surface area contributed by atoms with Crippen LogP contribution >= 0.6 is 0 Å². The molecule has 10 aromatic carbocycles. The zero-order valence-corrected chi connectivity index (χ0v) is 31.3. The van der Waals surface area contributed by atoms with E-state index in [0.29, 0.717) is 0 Å². The summed E-state index contributed by atoms with van der Waals surface area (Å²) in [6, 6.07) is 70.1. The largest absolute Gasteiger partial charge is 0.309 e. The molecule has 0 unspecified atom stereocenters. The van der Waals surface area contributed by atoms with E-state index in [-0.39, 0.29) is 5.41 Å². The zero-order valence-electron chi connectivity index (χ0n) is 31.3. The lowest BCUT2D eigenvalue weighted by Crippen LogP contribution is -2.15. The fraction of sp³-hybridized carbons (Fsp3) is 0.0545. The van der Waals surface area contributed by atoms with E-state index in [1.165, 1.54) is 115 Å². The van der Waals surface area contributed by atoms with Crippen LogP contribution in [-0.4, -0.2) is 4.57 Å². The van der Waals surface area contributed by atoms with Gasteiger partial charge in [-0.15, -0.1) is 0 Å². The minimum absolute atomic E-state index is 0.116. The number of para-hydroxylation sites is 1. The summed E-state index contributed by atoms with van der Waals surface area (Å²) in [7, 11) is 0. The summed E-state index contributed by atoms with van der Waals surface area (Å²) in [6.45, 7) is 4.79. The van der Waals surface area contributed by atoms with Crippen molar-refractivity contribution in [3.63, 3.8) is 0 Å². The molecule has 11 aromatic rings. The van der Waals surface area contributed by atoms with Gasteiger partial charge in [0.05, 0.1) is 11.0 Å². The second-order valence-electron chi connectivity index (χ2n) is 16.0. The molecule has 0 radical (unpaired) electrons. The Morgan fingerprint density at radius 1 is 0.357 bits per heavy atom. The highest BCUT2D eigenvalue weighted by atomic mass is 15.0. The average Bonchev–Trinajstić information content (AvgIpc) is 3.71. The summed E-state index contributed by atoms with van der Waals surface area (Å²) in [5, 5.41) is 12.8. The van der Waals surface area contributed by atoms with Crippen molar-refractivity contribution in [2.24, 2.45) is 0 Å². The highest BCUT2D eigenvalue weighted by Gasteiger charge is 2.37. The van der Waals surface area contributed by atoms with E-state index >= 15 is 0 Å². The van der Waals surface area contributed by atoms with Crippen molar-refractivity contribution in [2.45, 2.75) is 19.3 Å². The van der Waals surface area contributed by atoms with Gasteiger partial charge < -0.3 is 4.57 Å². The first-order valence-electron chi connectivity index (χ1n) is 19.7. The molecule has 1 nitrogen and oxygen atoms in total. The van der Waals surface area contributed by atoms with E-state index in [1.807, 2.05) is 0 Å². The Hall–Kier alpha value is -6.96. The maximum Gasteiger partial charge on any atom is 0.0547 e. The van der Waals surface area contributed by atoms with Crippen molar-refractivity contribution in [3.8, 4) is 39.1 Å². The molecule has 56 heavy (non-hydrogen) atoms. The molecule has 0 amide bonds. The zero-order chi connectivity index (χ0) is 37.1. The predicted molar refractivity (Wildman–Crippen MR) is 239 cm³/mol. The van der Waals surface area contributed by atoms with Gasteiger partial charge in [-0.2, -0.15) is 0 Å². The van der Waals surface area contributed by atoms with Crippen molar-refractivity contribution in [1.29, 1.82) is 0 Å². The van der Waals surface area contributed by atoms with Crippen LogP contribution in [0.2, 0.25) is 0 Å². The molecule has 0 atom stereocenters. The van der Waals surface area contributed by atoms with Crippen LogP contribution in [0.3, 0.4) is 0 Å². The number of hydrogen-bond acceptors (Lipinski definition) is 0. The van der Waals surface area contributed by atoms with Crippen LogP contribution < -0.4 is 0 Å². The summed E-state index contributed by atoms with van der Waals surface area (Å²) in [5.74, 6) is 0. The Bertz CT molecular complexity index is 3380. The van der Waals surface area contributed by atoms with Gasteiger partial charge in [0, 0.05) is 21.9 Å². The van der Waals surface area contributed by atoms with Gasteiger partial charge in [-0.25, -0.2) is 0 Å². The van der Waals surface area contributed by atoms with Crippen LogP contribution in [0.4, 0.5) is 0 Å². The fourth-order valence-corrected chi connectivity index (χ4v) is 10.3. The lowest BCUT2D eigenvalue weighted by Gasteiger charge is -2.24. The second-order valence-corrected chi connectivity index (χ2v) is 16.0. The normalized spacial score (nSPS) is 13.3. The number of aromatic nitrogens is 1. The molecule has 1 aromatic heterocycles. The number of nitrogens with zero attached hydrogens (tertiary/aromatic N) is 1. The van der Waals surface area contributed by atoms with Gasteiger partial charge in [-0.05, 0) is 124 Å². The Kier molecular flexibility index (Phi) is 6.46. The van der Waals surface area contributed by atoms with Crippen molar-refractivity contribution >= 4 is 64.9 Å². The molecule has 12 rings (SSSR count). The van der Waals surface area contributed by atoms with E-state index in [4.69, 9.17) is 0 Å². The third-order valence-electron chi connectivity index (χ3n) is 12.7. The van der Waals surface area contributed by atoms with Crippen LogP contribution in [-0.2, 0) is 5.41 Å². The van der Waals surface area contributed by atoms with Gasteiger partial charge >= 0.3 is 0 Å². The van der Waals surface area contributed by atoms with Gasteiger partial charge in [0.1, 0.15) is 0 Å².